The van der Waals surface area contributed by atoms with Crippen molar-refractivity contribution in [1.82, 2.24) is 14.9 Å². The van der Waals surface area contributed by atoms with Gasteiger partial charge in [-0.15, -0.1) is 0 Å². The minimum absolute atomic E-state index is 0.462. The van der Waals surface area contributed by atoms with E-state index in [1.807, 2.05) is 6.92 Å². The first-order chi connectivity index (χ1) is 8.15. The predicted molar refractivity (Wildman–Crippen MR) is 66.9 cm³/mol. The number of ether oxygens (including phenoxy) is 1. The van der Waals surface area contributed by atoms with Crippen LogP contribution in [0.3, 0.4) is 0 Å². The molecule has 5 heteroatoms. The maximum absolute atomic E-state index is 5.70. The predicted octanol–water partition coefficient (Wildman–Crippen LogP) is 1.23. The molecule has 1 aliphatic heterocycles. The quantitative estimate of drug-likeness (QED) is 0.855. The van der Waals surface area contributed by atoms with Gasteiger partial charge in [-0.2, -0.15) is 4.98 Å². The number of aromatic nitrogens is 2. The lowest BCUT2D eigenvalue weighted by Crippen LogP contribution is -2.40. The van der Waals surface area contributed by atoms with E-state index in [1.165, 1.54) is 19.3 Å². The topological polar surface area (TPSA) is 64.3 Å². The molecule has 0 saturated carbocycles. The van der Waals surface area contributed by atoms with Crippen molar-refractivity contribution in [2.75, 3.05) is 25.9 Å². The van der Waals surface area contributed by atoms with Crippen molar-refractivity contribution in [2.45, 2.75) is 32.2 Å². The zero-order valence-corrected chi connectivity index (χ0v) is 10.5. The molecular formula is C12H20N4O. The number of likely N-dealkylation sites (N-methyl/N-ethyl adjacent to an activating group) is 1. The Labute approximate surface area is 102 Å². The molecule has 1 aromatic heterocycles. The van der Waals surface area contributed by atoms with Gasteiger partial charge in [0, 0.05) is 12.1 Å². The Morgan fingerprint density at radius 2 is 2.29 bits per heavy atom. The van der Waals surface area contributed by atoms with Gasteiger partial charge in [-0.1, -0.05) is 6.42 Å². The molecule has 2 rings (SSSR count). The van der Waals surface area contributed by atoms with Gasteiger partial charge in [-0.05, 0) is 33.4 Å². The molecule has 17 heavy (non-hydrogen) atoms. The fraction of sp³-hybridized carbons (Fsp3) is 0.667. The van der Waals surface area contributed by atoms with Crippen molar-refractivity contribution >= 4 is 5.82 Å². The van der Waals surface area contributed by atoms with E-state index in [9.17, 15) is 0 Å². The zero-order chi connectivity index (χ0) is 12.3. The molecule has 1 aromatic rings. The Bertz CT molecular complexity index is 363. The Morgan fingerprint density at radius 1 is 1.47 bits per heavy atom. The number of hydrogen-bond donors (Lipinski definition) is 1. The van der Waals surface area contributed by atoms with Gasteiger partial charge in [0.25, 0.3) is 0 Å². The number of nitrogens with zero attached hydrogens (tertiary/aromatic N) is 3. The fourth-order valence-electron chi connectivity index (χ4n) is 2.17. The summed E-state index contributed by atoms with van der Waals surface area (Å²) in [5, 5.41) is 0. The van der Waals surface area contributed by atoms with Crippen LogP contribution in [0, 0.1) is 6.92 Å². The second-order valence-corrected chi connectivity index (χ2v) is 4.62. The van der Waals surface area contributed by atoms with Gasteiger partial charge >= 0.3 is 0 Å². The molecule has 0 radical (unpaired) electrons. The molecule has 0 spiro atoms. The van der Waals surface area contributed by atoms with E-state index in [0.717, 1.165) is 6.54 Å². The van der Waals surface area contributed by atoms with E-state index >= 15 is 0 Å². The van der Waals surface area contributed by atoms with Gasteiger partial charge < -0.3 is 15.4 Å². The highest BCUT2D eigenvalue weighted by atomic mass is 16.5. The maximum Gasteiger partial charge on any atom is 0.218 e. The lowest BCUT2D eigenvalue weighted by molar-refractivity contribution is 0.122. The van der Waals surface area contributed by atoms with Gasteiger partial charge in [-0.3, -0.25) is 0 Å². The van der Waals surface area contributed by atoms with Crippen LogP contribution in [0.1, 0.15) is 25.1 Å². The summed E-state index contributed by atoms with van der Waals surface area (Å²) in [6, 6.07) is 2.16. The van der Waals surface area contributed by atoms with Gasteiger partial charge in [0.15, 0.2) is 0 Å². The summed E-state index contributed by atoms with van der Waals surface area (Å²) >= 11 is 0. The number of nitrogen functional groups attached to an aromatic ring is 1. The van der Waals surface area contributed by atoms with E-state index < -0.39 is 0 Å². The third-order valence-electron chi connectivity index (χ3n) is 3.18. The van der Waals surface area contributed by atoms with Crippen LogP contribution in [0.4, 0.5) is 5.82 Å². The van der Waals surface area contributed by atoms with Crippen LogP contribution < -0.4 is 10.5 Å². The molecule has 0 bridgehead atoms. The normalized spacial score (nSPS) is 21.4. The highest BCUT2D eigenvalue weighted by molar-refractivity contribution is 5.32. The Kier molecular flexibility index (Phi) is 3.78. The molecule has 1 aliphatic rings. The summed E-state index contributed by atoms with van der Waals surface area (Å²) in [5.74, 6) is 1.69. The molecule has 0 amide bonds. The van der Waals surface area contributed by atoms with Crippen LogP contribution in [0.15, 0.2) is 6.07 Å². The van der Waals surface area contributed by atoms with Gasteiger partial charge in [0.1, 0.15) is 18.2 Å². The summed E-state index contributed by atoms with van der Waals surface area (Å²) < 4.78 is 5.70. The number of aryl methyl sites for hydroxylation is 1. The number of hydrogen-bond acceptors (Lipinski definition) is 5. The monoisotopic (exact) mass is 236 g/mol. The highest BCUT2D eigenvalue weighted by Crippen LogP contribution is 2.17. The molecule has 94 valence electrons. The summed E-state index contributed by atoms with van der Waals surface area (Å²) in [5.41, 5.74) is 5.65. The zero-order valence-electron chi connectivity index (χ0n) is 10.5. The Morgan fingerprint density at radius 3 is 3.00 bits per heavy atom. The van der Waals surface area contributed by atoms with Crippen LogP contribution in [-0.4, -0.2) is 41.1 Å². The lowest BCUT2D eigenvalue weighted by Gasteiger charge is -2.31. The number of anilines is 1. The first-order valence-electron chi connectivity index (χ1n) is 6.09. The Balaban J connectivity index is 1.92. The molecule has 1 atom stereocenters. The van der Waals surface area contributed by atoms with Crippen molar-refractivity contribution < 1.29 is 4.74 Å². The SMILES string of the molecule is Cc1nc(N)cc(OCC2CCCCN2C)n1. The molecule has 2 heterocycles. The minimum atomic E-state index is 0.462. The molecule has 0 aromatic carbocycles. The molecular weight excluding hydrogens is 216 g/mol. The number of nitrogens with two attached hydrogens (primary N) is 1. The maximum atomic E-state index is 5.70. The Hall–Kier alpha value is -1.36. The molecule has 1 saturated heterocycles. The summed E-state index contributed by atoms with van der Waals surface area (Å²) in [7, 11) is 2.15. The van der Waals surface area contributed by atoms with Crippen LogP contribution in [0.5, 0.6) is 5.88 Å². The smallest absolute Gasteiger partial charge is 0.218 e. The fourth-order valence-corrected chi connectivity index (χ4v) is 2.17. The summed E-state index contributed by atoms with van der Waals surface area (Å²) in [4.78, 5) is 10.6. The minimum Gasteiger partial charge on any atom is -0.476 e. The van der Waals surface area contributed by atoms with Crippen LogP contribution in [0.2, 0.25) is 0 Å². The number of likely N-dealkylation sites (tertiary alicyclic amines) is 1. The number of rotatable bonds is 3. The largest absolute Gasteiger partial charge is 0.476 e. The van der Waals surface area contributed by atoms with Gasteiger partial charge in [0.05, 0.1) is 0 Å². The molecule has 1 unspecified atom stereocenters. The van der Waals surface area contributed by atoms with Crippen LogP contribution >= 0.6 is 0 Å². The second-order valence-electron chi connectivity index (χ2n) is 4.62. The van der Waals surface area contributed by atoms with E-state index in [4.69, 9.17) is 10.5 Å². The first kappa shape index (κ1) is 12.1. The molecule has 1 fully saturated rings. The van der Waals surface area contributed by atoms with Crippen molar-refractivity contribution in [3.63, 3.8) is 0 Å². The van der Waals surface area contributed by atoms with Crippen molar-refractivity contribution in [1.29, 1.82) is 0 Å². The van der Waals surface area contributed by atoms with Crippen LogP contribution in [0.25, 0.3) is 0 Å². The third kappa shape index (κ3) is 3.30. The first-order valence-corrected chi connectivity index (χ1v) is 6.09. The van der Waals surface area contributed by atoms with Crippen molar-refractivity contribution in [2.24, 2.45) is 0 Å². The number of piperidine rings is 1. The summed E-state index contributed by atoms with van der Waals surface area (Å²) in [6.07, 6.45) is 3.76. The average molecular weight is 236 g/mol. The molecule has 0 aliphatic carbocycles. The van der Waals surface area contributed by atoms with E-state index in [1.54, 1.807) is 6.07 Å². The van der Waals surface area contributed by atoms with Crippen molar-refractivity contribution in [3.05, 3.63) is 11.9 Å². The van der Waals surface area contributed by atoms with Crippen LogP contribution in [-0.2, 0) is 0 Å². The molecule has 5 nitrogen and oxygen atoms in total. The van der Waals surface area contributed by atoms with E-state index in [0.29, 0.717) is 30.2 Å². The lowest BCUT2D eigenvalue weighted by atomic mass is 10.0. The van der Waals surface area contributed by atoms with E-state index in [2.05, 4.69) is 21.9 Å². The van der Waals surface area contributed by atoms with Crippen molar-refractivity contribution in [3.8, 4) is 5.88 Å². The standard InChI is InChI=1S/C12H20N4O/c1-9-14-11(13)7-12(15-9)17-8-10-5-3-4-6-16(10)2/h7,10H,3-6,8H2,1-2H3,(H2,13,14,15). The average Bonchev–Trinajstić information content (AvgIpc) is 2.27. The second kappa shape index (κ2) is 5.31. The summed E-state index contributed by atoms with van der Waals surface area (Å²) in [6.45, 7) is 3.64. The molecule has 2 N–H and O–H groups in total. The third-order valence-corrected chi connectivity index (χ3v) is 3.18. The van der Waals surface area contributed by atoms with Gasteiger partial charge in [-0.25, -0.2) is 4.98 Å². The van der Waals surface area contributed by atoms with E-state index in [-0.39, 0.29) is 0 Å². The van der Waals surface area contributed by atoms with Gasteiger partial charge in [0.2, 0.25) is 5.88 Å². The highest BCUT2D eigenvalue weighted by Gasteiger charge is 2.19.